The molecular formula is C25H30N2O4. The molecule has 164 valence electrons. The minimum Gasteiger partial charge on any atom is -0.481 e. The van der Waals surface area contributed by atoms with Gasteiger partial charge in [-0.1, -0.05) is 43.5 Å². The fourth-order valence-corrected chi connectivity index (χ4v) is 4.01. The monoisotopic (exact) mass is 422 g/mol. The number of rotatable bonds is 9. The summed E-state index contributed by atoms with van der Waals surface area (Å²) in [4.78, 5) is 30.4. The van der Waals surface area contributed by atoms with Crippen LogP contribution in [0.15, 0.2) is 54.7 Å². The van der Waals surface area contributed by atoms with Crippen molar-refractivity contribution in [1.82, 2.24) is 4.98 Å². The van der Waals surface area contributed by atoms with Gasteiger partial charge in [0.05, 0.1) is 7.11 Å². The second-order valence-electron chi connectivity index (χ2n) is 8.04. The molecule has 0 spiro atoms. The number of pyridine rings is 1. The number of anilines is 1. The Bertz CT molecular complexity index is 935. The zero-order valence-electron chi connectivity index (χ0n) is 18.0. The van der Waals surface area contributed by atoms with Gasteiger partial charge in [-0.25, -0.2) is 4.98 Å². The van der Waals surface area contributed by atoms with Crippen LogP contribution in [0.3, 0.4) is 0 Å². The molecule has 0 bridgehead atoms. The van der Waals surface area contributed by atoms with E-state index in [-0.39, 0.29) is 18.2 Å². The van der Waals surface area contributed by atoms with Crippen molar-refractivity contribution in [3.8, 4) is 17.0 Å². The SMILES string of the molecule is C=C(CCC(=O)O)CN(C(=O)C1CCCCC1)c1cccc(-c2ccnc(OC)c2)c1. The molecule has 31 heavy (non-hydrogen) atoms. The van der Waals surface area contributed by atoms with Crippen LogP contribution in [0.5, 0.6) is 5.88 Å². The lowest BCUT2D eigenvalue weighted by Gasteiger charge is -2.30. The van der Waals surface area contributed by atoms with Gasteiger partial charge in [0.15, 0.2) is 0 Å². The van der Waals surface area contributed by atoms with E-state index in [4.69, 9.17) is 9.84 Å². The van der Waals surface area contributed by atoms with Crippen molar-refractivity contribution >= 4 is 17.6 Å². The molecule has 1 aliphatic rings. The van der Waals surface area contributed by atoms with Crippen molar-refractivity contribution in [2.45, 2.75) is 44.9 Å². The van der Waals surface area contributed by atoms with Gasteiger partial charge in [-0.15, -0.1) is 0 Å². The second kappa shape index (κ2) is 10.8. The van der Waals surface area contributed by atoms with Crippen LogP contribution in [0.25, 0.3) is 11.1 Å². The zero-order chi connectivity index (χ0) is 22.2. The quantitative estimate of drug-likeness (QED) is 0.569. The summed E-state index contributed by atoms with van der Waals surface area (Å²) in [5.41, 5.74) is 3.43. The van der Waals surface area contributed by atoms with Gasteiger partial charge in [-0.3, -0.25) is 9.59 Å². The number of hydrogen-bond acceptors (Lipinski definition) is 4. The average Bonchev–Trinajstić information content (AvgIpc) is 2.81. The Morgan fingerprint density at radius 2 is 1.87 bits per heavy atom. The van der Waals surface area contributed by atoms with Gasteiger partial charge in [0, 0.05) is 36.8 Å². The predicted octanol–water partition coefficient (Wildman–Crippen LogP) is 5.09. The molecule has 1 aromatic heterocycles. The number of benzene rings is 1. The highest BCUT2D eigenvalue weighted by atomic mass is 16.5. The summed E-state index contributed by atoms with van der Waals surface area (Å²) in [5.74, 6) is -0.230. The zero-order valence-corrected chi connectivity index (χ0v) is 18.0. The summed E-state index contributed by atoms with van der Waals surface area (Å²) in [5, 5.41) is 8.99. The number of nitrogens with zero attached hydrogens (tertiary/aromatic N) is 2. The average molecular weight is 423 g/mol. The van der Waals surface area contributed by atoms with E-state index < -0.39 is 5.97 Å². The predicted molar refractivity (Wildman–Crippen MR) is 121 cm³/mol. The normalized spacial score (nSPS) is 14.1. The maximum atomic E-state index is 13.5. The minimum absolute atomic E-state index is 0.00528. The standard InChI is InChI=1S/C25H30N2O4/c1-18(11-12-24(28)29)17-27(25(30)19-7-4-3-5-8-19)22-10-6-9-20(15-22)21-13-14-26-23(16-21)31-2/h6,9-10,13-16,19H,1,3-5,7-8,11-12,17H2,2H3,(H,28,29). The summed E-state index contributed by atoms with van der Waals surface area (Å²) in [7, 11) is 1.58. The van der Waals surface area contributed by atoms with Crippen molar-refractivity contribution in [2.75, 3.05) is 18.6 Å². The molecule has 1 saturated carbocycles. The van der Waals surface area contributed by atoms with Crippen molar-refractivity contribution in [2.24, 2.45) is 5.92 Å². The highest BCUT2D eigenvalue weighted by Gasteiger charge is 2.27. The Morgan fingerprint density at radius 3 is 2.58 bits per heavy atom. The van der Waals surface area contributed by atoms with Crippen LogP contribution in [0, 0.1) is 5.92 Å². The lowest BCUT2D eigenvalue weighted by Crippen LogP contribution is -2.38. The van der Waals surface area contributed by atoms with E-state index in [1.165, 1.54) is 6.42 Å². The van der Waals surface area contributed by atoms with Gasteiger partial charge in [-0.2, -0.15) is 0 Å². The third-order valence-corrected chi connectivity index (χ3v) is 5.73. The molecule has 1 aromatic carbocycles. The van der Waals surface area contributed by atoms with Crippen molar-refractivity contribution in [1.29, 1.82) is 0 Å². The van der Waals surface area contributed by atoms with E-state index in [0.717, 1.165) is 48.1 Å². The summed E-state index contributed by atoms with van der Waals surface area (Å²) < 4.78 is 5.24. The van der Waals surface area contributed by atoms with Crippen LogP contribution in [-0.4, -0.2) is 35.6 Å². The third-order valence-electron chi connectivity index (χ3n) is 5.73. The Hall–Kier alpha value is -3.15. The van der Waals surface area contributed by atoms with E-state index in [9.17, 15) is 9.59 Å². The fraction of sp³-hybridized carbons (Fsp3) is 0.400. The largest absolute Gasteiger partial charge is 0.481 e. The lowest BCUT2D eigenvalue weighted by atomic mass is 9.88. The van der Waals surface area contributed by atoms with Crippen LogP contribution in [0.4, 0.5) is 5.69 Å². The first-order chi connectivity index (χ1) is 15.0. The highest BCUT2D eigenvalue weighted by Crippen LogP contribution is 2.31. The molecule has 0 radical (unpaired) electrons. The van der Waals surface area contributed by atoms with Crippen LogP contribution in [-0.2, 0) is 9.59 Å². The number of methoxy groups -OCH3 is 1. The maximum absolute atomic E-state index is 13.5. The molecule has 1 aliphatic carbocycles. The van der Waals surface area contributed by atoms with E-state index in [2.05, 4.69) is 11.6 Å². The van der Waals surface area contributed by atoms with E-state index in [1.807, 2.05) is 36.4 Å². The van der Waals surface area contributed by atoms with Crippen molar-refractivity contribution in [3.05, 3.63) is 54.7 Å². The summed E-state index contributed by atoms with van der Waals surface area (Å²) in [6.45, 7) is 4.37. The van der Waals surface area contributed by atoms with Gasteiger partial charge in [0.1, 0.15) is 0 Å². The number of ether oxygens (including phenoxy) is 1. The first kappa shape index (κ1) is 22.5. The number of aromatic nitrogens is 1. The van der Waals surface area contributed by atoms with Gasteiger partial charge in [-0.05, 0) is 48.6 Å². The topological polar surface area (TPSA) is 79.7 Å². The third kappa shape index (κ3) is 6.17. The van der Waals surface area contributed by atoms with E-state index in [0.29, 0.717) is 18.8 Å². The summed E-state index contributed by atoms with van der Waals surface area (Å²) >= 11 is 0. The van der Waals surface area contributed by atoms with Gasteiger partial charge in [0.2, 0.25) is 11.8 Å². The highest BCUT2D eigenvalue weighted by molar-refractivity contribution is 5.96. The molecular weight excluding hydrogens is 392 g/mol. The number of carboxylic acids is 1. The van der Waals surface area contributed by atoms with Gasteiger partial charge in [0.25, 0.3) is 0 Å². The summed E-state index contributed by atoms with van der Waals surface area (Å²) in [6, 6.07) is 11.6. The van der Waals surface area contributed by atoms with Crippen LogP contribution in [0.2, 0.25) is 0 Å². The van der Waals surface area contributed by atoms with Crippen LogP contribution >= 0.6 is 0 Å². The first-order valence-electron chi connectivity index (χ1n) is 10.8. The van der Waals surface area contributed by atoms with Crippen molar-refractivity contribution < 1.29 is 19.4 Å². The number of carbonyl (C=O) groups is 2. The molecule has 2 aromatic rings. The molecule has 6 nitrogen and oxygen atoms in total. The molecule has 1 fully saturated rings. The van der Waals surface area contributed by atoms with Gasteiger partial charge >= 0.3 is 5.97 Å². The lowest BCUT2D eigenvalue weighted by molar-refractivity contribution is -0.136. The number of hydrogen-bond donors (Lipinski definition) is 1. The number of carboxylic acid groups (broad SMARTS) is 1. The Morgan fingerprint density at radius 1 is 1.13 bits per heavy atom. The van der Waals surface area contributed by atoms with E-state index >= 15 is 0 Å². The number of amides is 1. The van der Waals surface area contributed by atoms with Crippen LogP contribution < -0.4 is 9.64 Å². The summed E-state index contributed by atoms with van der Waals surface area (Å²) in [6.07, 6.45) is 7.18. The molecule has 3 rings (SSSR count). The molecule has 1 N–H and O–H groups in total. The Labute approximate surface area is 183 Å². The molecule has 0 saturated heterocycles. The molecule has 1 amide bonds. The maximum Gasteiger partial charge on any atom is 0.303 e. The Balaban J connectivity index is 1.89. The minimum atomic E-state index is -0.861. The molecule has 1 heterocycles. The number of aliphatic carboxylic acids is 1. The van der Waals surface area contributed by atoms with E-state index in [1.54, 1.807) is 18.2 Å². The van der Waals surface area contributed by atoms with Gasteiger partial charge < -0.3 is 14.7 Å². The molecule has 0 unspecified atom stereocenters. The molecule has 0 atom stereocenters. The van der Waals surface area contributed by atoms with Crippen molar-refractivity contribution in [3.63, 3.8) is 0 Å². The fourth-order valence-electron chi connectivity index (χ4n) is 4.01. The number of carbonyl (C=O) groups excluding carboxylic acids is 1. The van der Waals surface area contributed by atoms with Crippen LogP contribution in [0.1, 0.15) is 44.9 Å². The molecule has 6 heteroatoms. The Kier molecular flexibility index (Phi) is 7.82. The molecule has 0 aliphatic heterocycles. The first-order valence-corrected chi connectivity index (χ1v) is 10.8. The smallest absolute Gasteiger partial charge is 0.303 e. The second-order valence-corrected chi connectivity index (χ2v) is 8.04.